The average Bonchev–Trinajstić information content (AvgIpc) is 3.28. The molecule has 2 heterocycles. The first kappa shape index (κ1) is 28.0. The van der Waals surface area contributed by atoms with Gasteiger partial charge in [0.25, 0.3) is 5.91 Å². The zero-order valence-corrected chi connectivity index (χ0v) is 23.7. The van der Waals surface area contributed by atoms with Crippen molar-refractivity contribution in [3.8, 4) is 0 Å². The van der Waals surface area contributed by atoms with Gasteiger partial charge in [0.1, 0.15) is 12.2 Å². The molecule has 0 aliphatic carbocycles. The molecule has 208 valence electrons. The van der Waals surface area contributed by atoms with Crippen LogP contribution in [-0.2, 0) is 22.7 Å². The Morgan fingerprint density at radius 3 is 2.38 bits per heavy atom. The second-order valence-corrected chi connectivity index (χ2v) is 10.8. The third-order valence-corrected chi connectivity index (χ3v) is 7.80. The van der Waals surface area contributed by atoms with Gasteiger partial charge in [0.05, 0.1) is 13.1 Å². The maximum absolute atomic E-state index is 13.9. The lowest BCUT2D eigenvalue weighted by Crippen LogP contribution is -2.62. The monoisotopic (exact) mass is 579 g/mol. The van der Waals surface area contributed by atoms with Gasteiger partial charge in [-0.3, -0.25) is 14.6 Å². The van der Waals surface area contributed by atoms with Crippen molar-refractivity contribution in [1.29, 1.82) is 0 Å². The summed E-state index contributed by atoms with van der Waals surface area (Å²) < 4.78 is 0. The lowest BCUT2D eigenvalue weighted by Gasteiger charge is -2.46. The van der Waals surface area contributed by atoms with E-state index in [1.165, 1.54) is 0 Å². The van der Waals surface area contributed by atoms with Gasteiger partial charge < -0.3 is 15.1 Å². The SMILES string of the molecule is CCCN(C(=O)NCc1ccccc1)N1CC(=O)N2[C@@H](c3ccccc3)C(=O)N(Cc3ccc(Cl)cc3Cl)C[C@@H]21. The number of amides is 4. The molecule has 2 atom stereocenters. The molecule has 0 spiro atoms. The number of hydrogen-bond acceptors (Lipinski definition) is 4. The number of fused-ring (bicyclic) bond motifs is 1. The molecule has 2 aliphatic rings. The largest absolute Gasteiger partial charge is 0.333 e. The number of piperazine rings is 1. The van der Waals surface area contributed by atoms with E-state index in [9.17, 15) is 14.4 Å². The van der Waals surface area contributed by atoms with Crippen LogP contribution in [0.5, 0.6) is 0 Å². The molecule has 0 bridgehead atoms. The van der Waals surface area contributed by atoms with Crippen LogP contribution in [0.25, 0.3) is 0 Å². The molecule has 0 aromatic heterocycles. The van der Waals surface area contributed by atoms with Crippen LogP contribution in [0.3, 0.4) is 0 Å². The third-order valence-electron chi connectivity index (χ3n) is 7.22. The molecule has 2 saturated heterocycles. The summed E-state index contributed by atoms with van der Waals surface area (Å²) in [5.41, 5.74) is 2.45. The first-order chi connectivity index (χ1) is 19.4. The number of benzene rings is 3. The Bertz CT molecular complexity index is 1370. The number of carbonyl (C=O) groups is 3. The maximum Gasteiger partial charge on any atom is 0.332 e. The van der Waals surface area contributed by atoms with Crippen LogP contribution in [0.4, 0.5) is 4.79 Å². The summed E-state index contributed by atoms with van der Waals surface area (Å²) in [6.45, 7) is 3.24. The summed E-state index contributed by atoms with van der Waals surface area (Å²) in [5, 5.41) is 7.37. The van der Waals surface area contributed by atoms with Gasteiger partial charge >= 0.3 is 6.03 Å². The van der Waals surface area contributed by atoms with Crippen LogP contribution >= 0.6 is 23.2 Å². The summed E-state index contributed by atoms with van der Waals surface area (Å²) >= 11 is 12.6. The van der Waals surface area contributed by atoms with Crippen LogP contribution in [0.15, 0.2) is 78.9 Å². The van der Waals surface area contributed by atoms with E-state index in [1.807, 2.05) is 67.6 Å². The summed E-state index contributed by atoms with van der Waals surface area (Å²) in [6.07, 6.45) is 0.164. The third kappa shape index (κ3) is 5.80. The Morgan fingerprint density at radius 1 is 1.00 bits per heavy atom. The van der Waals surface area contributed by atoms with Crippen molar-refractivity contribution in [3.63, 3.8) is 0 Å². The molecular formula is C30H31Cl2N5O3. The van der Waals surface area contributed by atoms with E-state index in [0.717, 1.165) is 16.7 Å². The molecule has 3 aromatic rings. The summed E-state index contributed by atoms with van der Waals surface area (Å²) in [5.74, 6) is -0.396. The Morgan fingerprint density at radius 2 is 1.70 bits per heavy atom. The minimum Gasteiger partial charge on any atom is -0.333 e. The van der Waals surface area contributed by atoms with E-state index in [2.05, 4.69) is 5.32 Å². The molecule has 8 nitrogen and oxygen atoms in total. The smallest absolute Gasteiger partial charge is 0.332 e. The van der Waals surface area contributed by atoms with Crippen LogP contribution in [0.1, 0.15) is 36.1 Å². The van der Waals surface area contributed by atoms with Crippen molar-refractivity contribution in [2.24, 2.45) is 0 Å². The molecule has 2 aliphatic heterocycles. The second kappa shape index (κ2) is 12.3. The molecule has 1 N–H and O–H groups in total. The highest BCUT2D eigenvalue weighted by atomic mass is 35.5. The fraction of sp³-hybridized carbons (Fsp3) is 0.300. The topological polar surface area (TPSA) is 76.2 Å². The van der Waals surface area contributed by atoms with E-state index in [-0.39, 0.29) is 37.5 Å². The Balaban J connectivity index is 1.46. The van der Waals surface area contributed by atoms with Crippen molar-refractivity contribution < 1.29 is 14.4 Å². The average molecular weight is 581 g/mol. The number of halogens is 2. The van der Waals surface area contributed by atoms with Crippen molar-refractivity contribution in [1.82, 2.24) is 25.1 Å². The molecule has 0 saturated carbocycles. The molecular weight excluding hydrogens is 549 g/mol. The fourth-order valence-corrected chi connectivity index (χ4v) is 5.79. The highest BCUT2D eigenvalue weighted by Gasteiger charge is 2.52. The van der Waals surface area contributed by atoms with Crippen molar-refractivity contribution in [3.05, 3.63) is 106 Å². The highest BCUT2D eigenvalue weighted by Crippen LogP contribution is 2.37. The van der Waals surface area contributed by atoms with Crippen LogP contribution < -0.4 is 5.32 Å². The zero-order chi connectivity index (χ0) is 28.2. The van der Waals surface area contributed by atoms with Crippen molar-refractivity contribution in [2.45, 2.75) is 38.6 Å². The fourth-order valence-electron chi connectivity index (χ4n) is 5.32. The Labute approximate surface area is 244 Å². The summed E-state index contributed by atoms with van der Waals surface area (Å²) in [4.78, 5) is 44.3. The van der Waals surface area contributed by atoms with Gasteiger partial charge in [-0.1, -0.05) is 96.9 Å². The standard InChI is InChI=1S/C30H31Cl2N5O3/c1-2-15-35(30(40)33-17-21-9-5-3-6-10-21)36-20-27(38)37-26(36)19-34(18-23-13-14-24(31)16-25(23)32)29(39)28(37)22-11-7-4-8-12-22/h3-14,16,26,28H,2,15,17-20H2,1H3,(H,33,40)/t26-,28+/m1/s1. The van der Waals surface area contributed by atoms with Crippen LogP contribution in [0, 0.1) is 0 Å². The van der Waals surface area contributed by atoms with Gasteiger partial charge in [0.15, 0.2) is 0 Å². The molecule has 40 heavy (non-hydrogen) atoms. The predicted octanol–water partition coefficient (Wildman–Crippen LogP) is 5.08. The Hall–Kier alpha value is -3.59. The van der Waals surface area contributed by atoms with Crippen LogP contribution in [0.2, 0.25) is 10.0 Å². The van der Waals surface area contributed by atoms with Crippen LogP contribution in [-0.4, -0.2) is 63.5 Å². The maximum atomic E-state index is 13.9. The molecule has 4 amide bonds. The number of hydrazine groups is 1. The Kier molecular flexibility index (Phi) is 8.59. The number of nitrogens with zero attached hydrogens (tertiary/aromatic N) is 4. The number of rotatable bonds is 8. The highest BCUT2D eigenvalue weighted by molar-refractivity contribution is 6.35. The van der Waals surface area contributed by atoms with Crippen molar-refractivity contribution in [2.75, 3.05) is 19.6 Å². The molecule has 3 aromatic carbocycles. The number of hydrogen-bond donors (Lipinski definition) is 1. The van der Waals surface area contributed by atoms with Gasteiger partial charge in [-0.15, -0.1) is 0 Å². The minimum atomic E-state index is -0.820. The lowest BCUT2D eigenvalue weighted by atomic mass is 10.00. The first-order valence-corrected chi connectivity index (χ1v) is 14.1. The quantitative estimate of drug-likeness (QED) is 0.403. The molecule has 5 rings (SSSR count). The van der Waals surface area contributed by atoms with E-state index in [1.54, 1.807) is 38.0 Å². The van der Waals surface area contributed by atoms with Gasteiger partial charge in [-0.05, 0) is 35.2 Å². The zero-order valence-electron chi connectivity index (χ0n) is 22.2. The van der Waals surface area contributed by atoms with E-state index in [0.29, 0.717) is 29.6 Å². The predicted molar refractivity (Wildman–Crippen MR) is 154 cm³/mol. The molecule has 10 heteroatoms. The second-order valence-electron chi connectivity index (χ2n) is 9.91. The summed E-state index contributed by atoms with van der Waals surface area (Å²) in [7, 11) is 0. The first-order valence-electron chi connectivity index (χ1n) is 13.3. The van der Waals surface area contributed by atoms with Gasteiger partial charge in [0, 0.05) is 29.7 Å². The summed E-state index contributed by atoms with van der Waals surface area (Å²) in [6, 6.07) is 23.0. The molecule has 2 fully saturated rings. The van der Waals surface area contributed by atoms with E-state index in [4.69, 9.17) is 23.2 Å². The van der Waals surface area contributed by atoms with Crippen molar-refractivity contribution >= 4 is 41.0 Å². The van der Waals surface area contributed by atoms with E-state index < -0.39 is 12.2 Å². The molecule has 0 radical (unpaired) electrons. The lowest BCUT2D eigenvalue weighted by molar-refractivity contribution is -0.158. The number of carbonyl (C=O) groups excluding carboxylic acids is 3. The van der Waals surface area contributed by atoms with Gasteiger partial charge in [-0.25, -0.2) is 4.79 Å². The van der Waals surface area contributed by atoms with Gasteiger partial charge in [-0.2, -0.15) is 5.01 Å². The molecule has 0 unspecified atom stereocenters. The number of nitrogens with one attached hydrogen (secondary N) is 1. The van der Waals surface area contributed by atoms with E-state index >= 15 is 0 Å². The minimum absolute atomic E-state index is 0.00439. The van der Waals surface area contributed by atoms with Gasteiger partial charge in [0.2, 0.25) is 5.91 Å². The normalized spacial score (nSPS) is 19.1. The number of urea groups is 1.